The number of hydrogen-bond donors (Lipinski definition) is 1. The number of nitrogens with zero attached hydrogens (tertiary/aromatic N) is 2. The fourth-order valence-corrected chi connectivity index (χ4v) is 5.31. The lowest BCUT2D eigenvalue weighted by molar-refractivity contribution is 0.0942. The summed E-state index contributed by atoms with van der Waals surface area (Å²) in [5.41, 5.74) is 1.79. The summed E-state index contributed by atoms with van der Waals surface area (Å²) in [7, 11) is -0.303. The van der Waals surface area contributed by atoms with Gasteiger partial charge in [0.25, 0.3) is 5.91 Å². The van der Waals surface area contributed by atoms with Gasteiger partial charge in [0.1, 0.15) is 16.3 Å². The Bertz CT molecular complexity index is 989. The number of aromatic nitrogens is 1. The van der Waals surface area contributed by atoms with Crippen molar-refractivity contribution in [3.8, 4) is 5.75 Å². The van der Waals surface area contributed by atoms with Crippen molar-refractivity contribution in [3.63, 3.8) is 0 Å². The maximum atomic E-state index is 13.1. The monoisotopic (exact) mass is 419 g/mol. The molecule has 1 fully saturated rings. The minimum Gasteiger partial charge on any atom is -0.497 e. The van der Waals surface area contributed by atoms with E-state index in [-0.39, 0.29) is 10.8 Å². The Kier molecular flexibility index (Phi) is 6.33. The Balaban J connectivity index is 1.78. The van der Waals surface area contributed by atoms with Gasteiger partial charge in [0.2, 0.25) is 10.0 Å². The molecule has 1 N–H and O–H groups in total. The lowest BCUT2D eigenvalue weighted by atomic mass is 10.0. The van der Waals surface area contributed by atoms with Gasteiger partial charge in [-0.05, 0) is 49.4 Å². The molecule has 158 valence electrons. The topological polar surface area (TPSA) is 80.6 Å². The van der Waals surface area contributed by atoms with Crippen LogP contribution in [0.2, 0.25) is 0 Å². The van der Waals surface area contributed by atoms with E-state index in [0.29, 0.717) is 36.9 Å². The molecular formula is C21H29N3O4S. The SMILES string of the molecule is COc1cccc(CNC(=O)c2cc(S(=O)(=O)N3CCC(C)CC3)c(C)n2C)c1. The minimum absolute atomic E-state index is 0.209. The molecule has 0 spiro atoms. The molecule has 2 heterocycles. The molecule has 0 atom stereocenters. The number of amides is 1. The summed E-state index contributed by atoms with van der Waals surface area (Å²) < 4.78 is 34.6. The van der Waals surface area contributed by atoms with E-state index in [2.05, 4.69) is 12.2 Å². The molecule has 3 rings (SSSR count). The Labute approximate surface area is 172 Å². The largest absolute Gasteiger partial charge is 0.497 e. The van der Waals surface area contributed by atoms with Crippen molar-refractivity contribution >= 4 is 15.9 Å². The average molecular weight is 420 g/mol. The Morgan fingerprint density at radius 3 is 2.59 bits per heavy atom. The number of carbonyl (C=O) groups excluding carboxylic acids is 1. The highest BCUT2D eigenvalue weighted by atomic mass is 32.2. The summed E-state index contributed by atoms with van der Waals surface area (Å²) >= 11 is 0. The third-order valence-electron chi connectivity index (χ3n) is 5.67. The first kappa shape index (κ1) is 21.4. The molecule has 2 aromatic rings. The molecule has 8 heteroatoms. The number of hydrogen-bond acceptors (Lipinski definition) is 4. The van der Waals surface area contributed by atoms with Crippen LogP contribution in [0.25, 0.3) is 0 Å². The van der Waals surface area contributed by atoms with Crippen LogP contribution in [0, 0.1) is 12.8 Å². The van der Waals surface area contributed by atoms with Gasteiger partial charge in [0.15, 0.2) is 0 Å². The summed E-state index contributed by atoms with van der Waals surface area (Å²) in [4.78, 5) is 12.9. The summed E-state index contributed by atoms with van der Waals surface area (Å²) in [6, 6.07) is 8.93. The first-order chi connectivity index (χ1) is 13.7. The highest BCUT2D eigenvalue weighted by molar-refractivity contribution is 7.89. The Hall–Kier alpha value is -2.32. The summed E-state index contributed by atoms with van der Waals surface area (Å²) in [6.45, 7) is 5.25. The van der Waals surface area contributed by atoms with Crippen molar-refractivity contribution in [3.05, 3.63) is 47.3 Å². The van der Waals surface area contributed by atoms with Crippen LogP contribution in [0.15, 0.2) is 35.2 Å². The fourth-order valence-electron chi connectivity index (χ4n) is 3.57. The molecule has 7 nitrogen and oxygen atoms in total. The average Bonchev–Trinajstić information content (AvgIpc) is 3.02. The Morgan fingerprint density at radius 2 is 1.93 bits per heavy atom. The second-order valence-corrected chi connectivity index (χ2v) is 9.57. The van der Waals surface area contributed by atoms with Gasteiger partial charge in [-0.25, -0.2) is 8.42 Å². The van der Waals surface area contributed by atoms with Crippen molar-refractivity contribution in [2.24, 2.45) is 13.0 Å². The van der Waals surface area contributed by atoms with Crippen LogP contribution >= 0.6 is 0 Å². The predicted octanol–water partition coefficient (Wildman–Crippen LogP) is 2.69. The van der Waals surface area contributed by atoms with Crippen molar-refractivity contribution in [1.82, 2.24) is 14.2 Å². The van der Waals surface area contributed by atoms with E-state index >= 15 is 0 Å². The first-order valence-electron chi connectivity index (χ1n) is 9.81. The van der Waals surface area contributed by atoms with E-state index in [1.54, 1.807) is 25.6 Å². The van der Waals surface area contributed by atoms with Crippen molar-refractivity contribution in [1.29, 1.82) is 0 Å². The zero-order valence-electron chi connectivity index (χ0n) is 17.4. The van der Waals surface area contributed by atoms with E-state index in [1.807, 2.05) is 24.3 Å². The van der Waals surface area contributed by atoms with Gasteiger partial charge in [-0.2, -0.15) is 4.31 Å². The maximum Gasteiger partial charge on any atom is 0.268 e. The molecule has 1 aliphatic rings. The Morgan fingerprint density at radius 1 is 1.24 bits per heavy atom. The quantitative estimate of drug-likeness (QED) is 0.781. The van der Waals surface area contributed by atoms with Gasteiger partial charge in [0.05, 0.1) is 7.11 Å². The lowest BCUT2D eigenvalue weighted by Gasteiger charge is -2.29. The molecule has 1 aromatic heterocycles. The molecule has 1 aromatic carbocycles. The third kappa shape index (κ3) is 4.48. The number of ether oxygens (including phenoxy) is 1. The lowest BCUT2D eigenvalue weighted by Crippen LogP contribution is -2.38. The van der Waals surface area contributed by atoms with Crippen molar-refractivity contribution in [2.45, 2.75) is 38.1 Å². The second kappa shape index (κ2) is 8.59. The van der Waals surface area contributed by atoms with Gasteiger partial charge in [-0.3, -0.25) is 4.79 Å². The van der Waals surface area contributed by atoms with Crippen LogP contribution in [0.4, 0.5) is 0 Å². The highest BCUT2D eigenvalue weighted by Gasteiger charge is 2.32. The molecule has 29 heavy (non-hydrogen) atoms. The molecule has 1 amide bonds. The van der Waals surface area contributed by atoms with Gasteiger partial charge < -0.3 is 14.6 Å². The number of methoxy groups -OCH3 is 1. The van der Waals surface area contributed by atoms with Crippen LogP contribution in [0.5, 0.6) is 5.75 Å². The van der Waals surface area contributed by atoms with Crippen molar-refractivity contribution < 1.29 is 17.9 Å². The standard InChI is InChI=1S/C21H29N3O4S/c1-15-8-10-24(11-9-15)29(26,27)20-13-19(23(3)16(20)2)21(25)22-14-17-6-5-7-18(12-17)28-4/h5-7,12-13,15H,8-11,14H2,1-4H3,(H,22,25). The molecular weight excluding hydrogens is 390 g/mol. The number of nitrogens with one attached hydrogen (secondary N) is 1. The van der Waals surface area contributed by atoms with E-state index < -0.39 is 10.0 Å². The van der Waals surface area contributed by atoms with E-state index in [1.165, 1.54) is 10.4 Å². The highest BCUT2D eigenvalue weighted by Crippen LogP contribution is 2.27. The van der Waals surface area contributed by atoms with Gasteiger partial charge in [0, 0.05) is 32.4 Å². The van der Waals surface area contributed by atoms with Gasteiger partial charge in [-0.15, -0.1) is 0 Å². The second-order valence-electron chi connectivity index (χ2n) is 7.66. The molecule has 0 saturated carbocycles. The van der Waals surface area contributed by atoms with Gasteiger partial charge >= 0.3 is 0 Å². The van der Waals surface area contributed by atoms with E-state index in [4.69, 9.17) is 4.74 Å². The van der Waals surface area contributed by atoms with Crippen LogP contribution in [0.3, 0.4) is 0 Å². The maximum absolute atomic E-state index is 13.1. The number of rotatable bonds is 6. The third-order valence-corrected chi connectivity index (χ3v) is 7.68. The van der Waals surface area contributed by atoms with Gasteiger partial charge in [-0.1, -0.05) is 19.1 Å². The fraction of sp³-hybridized carbons (Fsp3) is 0.476. The number of sulfonamides is 1. The molecule has 0 radical (unpaired) electrons. The van der Waals surface area contributed by atoms with Crippen molar-refractivity contribution in [2.75, 3.05) is 20.2 Å². The van der Waals surface area contributed by atoms with Crippen LogP contribution in [-0.2, 0) is 23.6 Å². The molecule has 1 saturated heterocycles. The zero-order valence-corrected chi connectivity index (χ0v) is 18.3. The van der Waals surface area contributed by atoms with Crippen LogP contribution < -0.4 is 10.1 Å². The summed E-state index contributed by atoms with van der Waals surface area (Å²) in [5, 5.41) is 2.86. The molecule has 0 unspecified atom stereocenters. The smallest absolute Gasteiger partial charge is 0.268 e. The van der Waals surface area contributed by atoms with E-state index in [9.17, 15) is 13.2 Å². The predicted molar refractivity (Wildman–Crippen MR) is 111 cm³/mol. The first-order valence-corrected chi connectivity index (χ1v) is 11.3. The normalized spacial score (nSPS) is 16.0. The molecule has 0 bridgehead atoms. The summed E-state index contributed by atoms with van der Waals surface area (Å²) in [6.07, 6.45) is 1.72. The van der Waals surface area contributed by atoms with Crippen LogP contribution in [0.1, 0.15) is 41.5 Å². The number of benzene rings is 1. The number of piperidine rings is 1. The van der Waals surface area contributed by atoms with E-state index in [0.717, 1.165) is 24.2 Å². The minimum atomic E-state index is -3.61. The summed E-state index contributed by atoms with van der Waals surface area (Å²) in [5.74, 6) is 0.944. The zero-order chi connectivity index (χ0) is 21.2. The van der Waals surface area contributed by atoms with Crippen LogP contribution in [-0.4, -0.2) is 43.4 Å². The number of carbonyl (C=O) groups is 1. The molecule has 1 aliphatic heterocycles. The molecule has 0 aliphatic carbocycles.